The van der Waals surface area contributed by atoms with Gasteiger partial charge in [0, 0.05) is 80.5 Å². The molecule has 1 saturated carbocycles. The first-order valence-electron chi connectivity index (χ1n) is 22.6. The highest BCUT2D eigenvalue weighted by molar-refractivity contribution is 7.86. The fourth-order valence-corrected chi connectivity index (χ4v) is 10.7. The normalized spacial score (nSPS) is 23.2. The molecule has 5 amide bonds. The number of amides is 5. The molecule has 0 spiro atoms. The second-order valence-corrected chi connectivity index (χ2v) is 22.8. The molecule has 2 saturated heterocycles. The van der Waals surface area contributed by atoms with Crippen LogP contribution in [0.15, 0.2) is 42.3 Å². The number of hydrogen-bond acceptors (Lipinski definition) is 12. The molecular weight excluding hydrogens is 885 g/mol. The molecule has 2 aromatic heterocycles. The molecule has 5 N–H and O–H groups in total. The first-order chi connectivity index (χ1) is 30.9. The Kier molecular flexibility index (Phi) is 15.0. The third-order valence-electron chi connectivity index (χ3n) is 12.4. The van der Waals surface area contributed by atoms with Crippen LogP contribution in [0.1, 0.15) is 81.6 Å². The van der Waals surface area contributed by atoms with E-state index in [2.05, 4.69) is 33.2 Å². The molecule has 6 rings (SSSR count). The molecule has 3 aliphatic rings. The van der Waals surface area contributed by atoms with Crippen LogP contribution in [-0.4, -0.2) is 138 Å². The molecule has 3 aromatic rings. The Morgan fingerprint density at radius 1 is 1.03 bits per heavy atom. The smallest absolute Gasteiger partial charge is 0.315 e. The van der Waals surface area contributed by atoms with Gasteiger partial charge in [0.1, 0.15) is 40.9 Å². The van der Waals surface area contributed by atoms with E-state index in [0.29, 0.717) is 66.3 Å². The van der Waals surface area contributed by atoms with Gasteiger partial charge in [-0.15, -0.1) is 17.9 Å². The summed E-state index contributed by atoms with van der Waals surface area (Å²) < 4.78 is 41.5. The topological polar surface area (TPSA) is 217 Å². The lowest BCUT2D eigenvalue weighted by molar-refractivity contribution is -0.142. The van der Waals surface area contributed by atoms with Crippen LogP contribution in [0.5, 0.6) is 11.5 Å². The number of nitrogens with one attached hydrogen (secondary N) is 5. The third-order valence-corrected chi connectivity index (χ3v) is 15.1. The van der Waals surface area contributed by atoms with Gasteiger partial charge in [-0.05, 0) is 56.6 Å². The maximum Gasteiger partial charge on any atom is 0.315 e. The first-order valence-corrected chi connectivity index (χ1v) is 24.9. The lowest BCUT2D eigenvalue weighted by atomic mass is 9.85. The molecule has 0 bridgehead atoms. The second-order valence-electron chi connectivity index (χ2n) is 20.0. The zero-order chi connectivity index (χ0) is 48.5. The van der Waals surface area contributed by atoms with E-state index in [-0.39, 0.29) is 37.4 Å². The van der Waals surface area contributed by atoms with Crippen molar-refractivity contribution < 1.29 is 37.1 Å². The average Bonchev–Trinajstić information content (AvgIpc) is 3.50. The van der Waals surface area contributed by atoms with Gasteiger partial charge in [-0.2, -0.15) is 17.0 Å². The van der Waals surface area contributed by atoms with Crippen LogP contribution >= 0.6 is 11.3 Å². The van der Waals surface area contributed by atoms with Crippen molar-refractivity contribution in [2.45, 2.75) is 117 Å². The van der Waals surface area contributed by atoms with Crippen molar-refractivity contribution in [1.29, 1.82) is 0 Å². The maximum absolute atomic E-state index is 15.1. The number of urea groups is 1. The number of likely N-dealkylation sites (tertiary alicyclic amines) is 1. The SMILES string of the molecule is C=CC1C[C@]1(NC(=O)[C@@H]1C[C@@H](Oc2cc(-c3csc(NC(C)C)n3)nc3cc(OC)ccc23)CN1C(=O)[C@@H](NC(=O)N[C@H](CN1CCCN(C)S1(=O)=O)C(C)(C)C)C(C)(C)C)C(=O)NCC. The number of benzene rings is 1. The molecule has 362 valence electrons. The predicted molar refractivity (Wildman–Crippen MR) is 256 cm³/mol. The molecular formula is C46H68N10O8S2. The number of anilines is 1. The van der Waals surface area contributed by atoms with Gasteiger partial charge in [0.15, 0.2) is 5.13 Å². The van der Waals surface area contributed by atoms with Crippen molar-refractivity contribution in [2.75, 3.05) is 52.2 Å². The van der Waals surface area contributed by atoms with E-state index in [1.165, 1.54) is 31.9 Å². The number of carbonyl (C=O) groups excluding carboxylic acids is 4. The maximum atomic E-state index is 15.1. The van der Waals surface area contributed by atoms with E-state index in [1.54, 1.807) is 38.3 Å². The number of hydrogen-bond donors (Lipinski definition) is 5. The Labute approximate surface area is 393 Å². The summed E-state index contributed by atoms with van der Waals surface area (Å²) in [5.74, 6) is -0.674. The van der Waals surface area contributed by atoms with Crippen molar-refractivity contribution >= 4 is 61.3 Å². The number of ether oxygens (including phenoxy) is 2. The highest BCUT2D eigenvalue weighted by Crippen LogP contribution is 2.45. The van der Waals surface area contributed by atoms with Crippen LogP contribution in [0, 0.1) is 16.7 Å². The van der Waals surface area contributed by atoms with E-state index in [1.807, 2.05) is 66.8 Å². The standard InChI is InChI=1S/C46H68N10O8S2/c1-13-28-23-46(28,41(59)47-14-2)53-39(57)35-21-30(64-36-22-33(34-26-65-43(50-34)48-27(3)4)49-32-20-29(63-12)16-17-31(32)36)24-56(35)40(58)38(45(8,9)10)52-42(60)51-37(44(5,6)7)25-55-19-15-18-54(11)66(55,61)62/h13,16-17,20,22,26-28,30,35,37-38H,1,14-15,18-19,21,23-25H2,2-12H3,(H,47,59)(H,48,50)(H,53,57)(H2,51,52,60)/t28?,30-,35+,37-,38-,46-/m1/s1. The summed E-state index contributed by atoms with van der Waals surface area (Å²) in [7, 11) is -0.615. The quantitative estimate of drug-likeness (QED) is 0.124. The van der Waals surface area contributed by atoms with Crippen molar-refractivity contribution in [3.8, 4) is 22.9 Å². The third kappa shape index (κ3) is 11.0. The molecule has 6 atom stereocenters. The number of carbonyl (C=O) groups is 4. The number of methoxy groups -OCH3 is 1. The molecule has 1 unspecified atom stereocenters. The van der Waals surface area contributed by atoms with Crippen LogP contribution in [0.25, 0.3) is 22.3 Å². The van der Waals surface area contributed by atoms with Crippen LogP contribution in [0.2, 0.25) is 0 Å². The fourth-order valence-electron chi connectivity index (χ4n) is 8.41. The van der Waals surface area contributed by atoms with Gasteiger partial charge in [0.05, 0.1) is 24.9 Å². The number of nitrogens with zero attached hydrogens (tertiary/aromatic N) is 5. The minimum atomic E-state index is -3.72. The molecule has 0 radical (unpaired) electrons. The monoisotopic (exact) mass is 952 g/mol. The summed E-state index contributed by atoms with van der Waals surface area (Å²) in [6, 6.07) is 3.86. The summed E-state index contributed by atoms with van der Waals surface area (Å²) in [5, 5.41) is 18.4. The number of aromatic nitrogens is 2. The number of fused-ring (bicyclic) bond motifs is 1. The van der Waals surface area contributed by atoms with Crippen LogP contribution < -0.4 is 36.1 Å². The molecule has 20 heteroatoms. The highest BCUT2D eigenvalue weighted by Gasteiger charge is 2.60. The Balaban J connectivity index is 1.32. The zero-order valence-corrected chi connectivity index (χ0v) is 41.7. The van der Waals surface area contributed by atoms with Crippen molar-refractivity contribution in [2.24, 2.45) is 16.7 Å². The van der Waals surface area contributed by atoms with Crippen LogP contribution in [0.4, 0.5) is 9.93 Å². The van der Waals surface area contributed by atoms with Crippen LogP contribution in [0.3, 0.4) is 0 Å². The summed E-state index contributed by atoms with van der Waals surface area (Å²) in [6.07, 6.45) is 1.98. The van der Waals surface area contributed by atoms with E-state index in [0.717, 1.165) is 5.13 Å². The Morgan fingerprint density at radius 2 is 1.76 bits per heavy atom. The van der Waals surface area contributed by atoms with Gasteiger partial charge in [-0.1, -0.05) is 47.6 Å². The molecule has 4 heterocycles. The summed E-state index contributed by atoms with van der Waals surface area (Å²) >= 11 is 1.45. The van der Waals surface area contributed by atoms with E-state index in [9.17, 15) is 22.8 Å². The van der Waals surface area contributed by atoms with E-state index < -0.39 is 68.7 Å². The molecule has 2 aliphatic heterocycles. The first kappa shape index (κ1) is 50.4. The Bertz CT molecular complexity index is 2410. The minimum Gasteiger partial charge on any atom is -0.497 e. The van der Waals surface area contributed by atoms with Gasteiger partial charge in [-0.3, -0.25) is 14.4 Å². The van der Waals surface area contributed by atoms with Gasteiger partial charge < -0.3 is 41.0 Å². The van der Waals surface area contributed by atoms with Gasteiger partial charge in [0.2, 0.25) is 17.7 Å². The second kappa shape index (κ2) is 19.7. The van der Waals surface area contributed by atoms with Gasteiger partial charge in [-0.25, -0.2) is 14.8 Å². The average molecular weight is 953 g/mol. The largest absolute Gasteiger partial charge is 0.497 e. The molecule has 3 fully saturated rings. The number of likely N-dealkylation sites (N-methyl/N-ethyl adjacent to an activating group) is 1. The summed E-state index contributed by atoms with van der Waals surface area (Å²) in [6.45, 7) is 22.0. The zero-order valence-electron chi connectivity index (χ0n) is 40.1. The number of rotatable bonds is 16. The molecule has 18 nitrogen and oxygen atoms in total. The molecule has 1 aromatic carbocycles. The van der Waals surface area contributed by atoms with E-state index >= 15 is 4.79 Å². The molecule has 1 aliphatic carbocycles. The van der Waals surface area contributed by atoms with Gasteiger partial charge in [0.25, 0.3) is 10.2 Å². The lowest BCUT2D eigenvalue weighted by Gasteiger charge is -2.40. The number of thiazole rings is 1. The fraction of sp³-hybridized carbons (Fsp3) is 0.609. The van der Waals surface area contributed by atoms with E-state index in [4.69, 9.17) is 19.4 Å². The lowest BCUT2D eigenvalue weighted by Crippen LogP contribution is -2.62. The van der Waals surface area contributed by atoms with Crippen LogP contribution in [-0.2, 0) is 24.6 Å². The molecule has 66 heavy (non-hydrogen) atoms. The number of pyridine rings is 1. The predicted octanol–water partition coefficient (Wildman–Crippen LogP) is 4.74. The summed E-state index contributed by atoms with van der Waals surface area (Å²) in [5.41, 5.74) is -0.908. The van der Waals surface area contributed by atoms with Crippen molar-refractivity contribution in [1.82, 2.24) is 44.7 Å². The van der Waals surface area contributed by atoms with Crippen molar-refractivity contribution in [3.05, 3.63) is 42.3 Å². The summed E-state index contributed by atoms with van der Waals surface area (Å²) in [4.78, 5) is 68.4. The van der Waals surface area contributed by atoms with Gasteiger partial charge >= 0.3 is 6.03 Å². The van der Waals surface area contributed by atoms with Crippen molar-refractivity contribution in [3.63, 3.8) is 0 Å². The highest BCUT2D eigenvalue weighted by atomic mass is 32.2. The Hall–Kier alpha value is -5.05. The minimum absolute atomic E-state index is 0.0286. The Morgan fingerprint density at radius 3 is 2.38 bits per heavy atom.